The molecule has 1 saturated carbocycles. The van der Waals surface area contributed by atoms with E-state index in [4.69, 9.17) is 9.31 Å². The van der Waals surface area contributed by atoms with Crippen LogP contribution in [0, 0.1) is 0 Å². The van der Waals surface area contributed by atoms with E-state index in [1.807, 2.05) is 0 Å². The average Bonchev–Trinajstić information content (AvgIpc) is 2.62. The average molecular weight is 218 g/mol. The van der Waals surface area contributed by atoms with Crippen LogP contribution in [0.2, 0.25) is 0 Å². The molecule has 0 N–H and O–H groups in total. The van der Waals surface area contributed by atoms with E-state index in [0.717, 1.165) is 0 Å². The first-order valence-corrected chi connectivity index (χ1v) is 6.29. The fourth-order valence-corrected chi connectivity index (χ4v) is 3.03. The number of hydrogen-bond acceptors (Lipinski definition) is 2. The van der Waals surface area contributed by atoms with Crippen LogP contribution >= 0.6 is 0 Å². The second-order valence-corrected chi connectivity index (χ2v) is 5.71. The van der Waals surface area contributed by atoms with Crippen molar-refractivity contribution in [2.24, 2.45) is 0 Å². The molecule has 16 heavy (non-hydrogen) atoms. The largest absolute Gasteiger partial charge is 0.487 e. The maximum Gasteiger partial charge on any atom is 0.487 e. The molecule has 2 nitrogen and oxygen atoms in total. The molecule has 3 rings (SSSR count). The topological polar surface area (TPSA) is 18.5 Å². The summed E-state index contributed by atoms with van der Waals surface area (Å²) in [4.78, 5) is 0. The first-order valence-electron chi connectivity index (χ1n) is 6.29. The van der Waals surface area contributed by atoms with E-state index in [2.05, 4.69) is 32.8 Å². The van der Waals surface area contributed by atoms with Gasteiger partial charge in [0.2, 0.25) is 0 Å². The minimum absolute atomic E-state index is 0.142. The molecular formula is C13H19BO2. The second kappa shape index (κ2) is 3.24. The summed E-state index contributed by atoms with van der Waals surface area (Å²) in [6.45, 7) is 6.36. The summed E-state index contributed by atoms with van der Waals surface area (Å²) in [6.07, 6.45) is 7.28. The van der Waals surface area contributed by atoms with Gasteiger partial charge in [-0.25, -0.2) is 0 Å². The Morgan fingerprint density at radius 2 is 1.88 bits per heavy atom. The Kier molecular flexibility index (Phi) is 2.15. The lowest BCUT2D eigenvalue weighted by Gasteiger charge is -2.26. The van der Waals surface area contributed by atoms with E-state index in [1.54, 1.807) is 0 Å². The third-order valence-corrected chi connectivity index (χ3v) is 4.15. The summed E-state index contributed by atoms with van der Waals surface area (Å²) < 4.78 is 12.1. The third-order valence-electron chi connectivity index (χ3n) is 4.15. The second-order valence-electron chi connectivity index (χ2n) is 5.71. The van der Waals surface area contributed by atoms with E-state index in [9.17, 15) is 0 Å². The highest BCUT2D eigenvalue weighted by molar-refractivity contribution is 6.52. The van der Waals surface area contributed by atoms with Crippen molar-refractivity contribution < 1.29 is 9.31 Å². The summed E-state index contributed by atoms with van der Waals surface area (Å²) in [6, 6.07) is 0. The molecule has 1 atom stereocenters. The van der Waals surface area contributed by atoms with Gasteiger partial charge in [-0.15, -0.1) is 0 Å². The predicted molar refractivity (Wildman–Crippen MR) is 65.0 cm³/mol. The van der Waals surface area contributed by atoms with Crippen LogP contribution in [0.25, 0.3) is 0 Å². The highest BCUT2D eigenvalue weighted by Gasteiger charge is 2.62. The van der Waals surface area contributed by atoms with Crippen molar-refractivity contribution in [1.29, 1.82) is 0 Å². The van der Waals surface area contributed by atoms with Crippen LogP contribution in [0.5, 0.6) is 0 Å². The molecular weight excluding hydrogens is 199 g/mol. The highest BCUT2D eigenvalue weighted by Crippen LogP contribution is 2.53. The molecule has 0 radical (unpaired) electrons. The maximum absolute atomic E-state index is 6.06. The van der Waals surface area contributed by atoms with E-state index in [1.165, 1.54) is 36.8 Å². The van der Waals surface area contributed by atoms with Gasteiger partial charge in [0, 0.05) is 0 Å². The van der Waals surface area contributed by atoms with Gasteiger partial charge >= 0.3 is 7.12 Å². The first-order chi connectivity index (χ1) is 7.53. The van der Waals surface area contributed by atoms with Crippen LogP contribution in [0.3, 0.4) is 0 Å². The monoisotopic (exact) mass is 218 g/mol. The quantitative estimate of drug-likeness (QED) is 0.497. The molecule has 1 aliphatic heterocycles. The highest BCUT2D eigenvalue weighted by atomic mass is 16.7. The lowest BCUT2D eigenvalue weighted by atomic mass is 9.86. The minimum atomic E-state index is -0.211. The van der Waals surface area contributed by atoms with Crippen molar-refractivity contribution in [1.82, 2.24) is 0 Å². The molecule has 2 aliphatic carbocycles. The Morgan fingerprint density at radius 3 is 2.38 bits per heavy atom. The van der Waals surface area contributed by atoms with Gasteiger partial charge in [0.15, 0.2) is 0 Å². The van der Waals surface area contributed by atoms with Gasteiger partial charge in [0.25, 0.3) is 0 Å². The van der Waals surface area contributed by atoms with E-state index >= 15 is 0 Å². The Balaban J connectivity index is 1.75. The number of rotatable bonds is 1. The number of hydrogen-bond donors (Lipinski definition) is 0. The molecule has 0 amide bonds. The van der Waals surface area contributed by atoms with Crippen molar-refractivity contribution in [3.63, 3.8) is 0 Å². The Morgan fingerprint density at radius 1 is 1.25 bits per heavy atom. The molecule has 2 fully saturated rings. The molecule has 0 aromatic rings. The lowest BCUT2D eigenvalue weighted by Crippen LogP contribution is -2.37. The molecule has 1 heterocycles. The van der Waals surface area contributed by atoms with Crippen LogP contribution in [-0.4, -0.2) is 18.3 Å². The van der Waals surface area contributed by atoms with Crippen molar-refractivity contribution >= 4 is 7.12 Å². The van der Waals surface area contributed by atoms with E-state index < -0.39 is 0 Å². The van der Waals surface area contributed by atoms with E-state index in [-0.39, 0.29) is 18.3 Å². The molecule has 3 heteroatoms. The van der Waals surface area contributed by atoms with Gasteiger partial charge in [-0.2, -0.15) is 0 Å². The third kappa shape index (κ3) is 1.41. The van der Waals surface area contributed by atoms with Gasteiger partial charge in [0.05, 0.1) is 5.60 Å². The van der Waals surface area contributed by atoms with Crippen molar-refractivity contribution in [2.45, 2.75) is 57.7 Å². The van der Waals surface area contributed by atoms with E-state index in [0.29, 0.717) is 0 Å². The van der Waals surface area contributed by atoms with Gasteiger partial charge < -0.3 is 9.31 Å². The Bertz CT molecular complexity index is 375. The summed E-state index contributed by atoms with van der Waals surface area (Å²) >= 11 is 0. The van der Waals surface area contributed by atoms with Gasteiger partial charge in [-0.1, -0.05) is 11.5 Å². The predicted octanol–water partition coefficient (Wildman–Crippen LogP) is 3.04. The Hall–Kier alpha value is -0.535. The molecule has 3 aliphatic rings. The van der Waals surface area contributed by atoms with Crippen molar-refractivity contribution in [3.8, 4) is 0 Å². The zero-order valence-electron chi connectivity index (χ0n) is 10.4. The molecule has 0 aromatic carbocycles. The normalized spacial score (nSPS) is 35.8. The standard InChI is InChI=1S/C13H19BO2/c1-10-8-13(10)12(2,3)15-14(16-13)9-11-6-4-5-7-11/h8-9H,4-7H2,1-3H3. The van der Waals surface area contributed by atoms with Crippen LogP contribution in [0.1, 0.15) is 46.5 Å². The summed E-state index contributed by atoms with van der Waals surface area (Å²) in [5, 5.41) is 0. The van der Waals surface area contributed by atoms with Gasteiger partial charge in [-0.05, 0) is 58.1 Å². The fourth-order valence-electron chi connectivity index (χ4n) is 3.03. The zero-order chi connectivity index (χ0) is 11.4. The molecule has 86 valence electrons. The lowest BCUT2D eigenvalue weighted by molar-refractivity contribution is 0.0680. The molecule has 1 saturated heterocycles. The van der Waals surface area contributed by atoms with Gasteiger partial charge in [0.1, 0.15) is 5.60 Å². The Labute approximate surface area is 97.8 Å². The molecule has 0 bridgehead atoms. The summed E-state index contributed by atoms with van der Waals surface area (Å²) in [5.41, 5.74) is 2.41. The minimum Gasteiger partial charge on any atom is -0.399 e. The van der Waals surface area contributed by atoms with Crippen LogP contribution in [0.4, 0.5) is 0 Å². The smallest absolute Gasteiger partial charge is 0.399 e. The molecule has 1 spiro atoms. The molecule has 1 unspecified atom stereocenters. The van der Waals surface area contributed by atoms with Crippen LogP contribution < -0.4 is 0 Å². The summed E-state index contributed by atoms with van der Waals surface area (Å²) in [5.74, 6) is 2.20. The van der Waals surface area contributed by atoms with Crippen LogP contribution in [-0.2, 0) is 9.31 Å². The van der Waals surface area contributed by atoms with Crippen molar-refractivity contribution in [2.75, 3.05) is 0 Å². The summed E-state index contributed by atoms with van der Waals surface area (Å²) in [7, 11) is -0.142. The fraction of sp³-hybridized carbons (Fsp3) is 0.692. The number of allylic oxidation sites excluding steroid dienone is 1. The van der Waals surface area contributed by atoms with Crippen LogP contribution in [0.15, 0.2) is 23.2 Å². The first kappa shape index (κ1) is 10.6. The molecule has 0 aromatic heterocycles. The zero-order valence-corrected chi connectivity index (χ0v) is 10.4. The SMILES string of the molecule is CC1=CC12OB(C=C1CCCC1)OC2(C)C. The van der Waals surface area contributed by atoms with Gasteiger partial charge in [-0.3, -0.25) is 0 Å². The van der Waals surface area contributed by atoms with Crippen molar-refractivity contribution in [3.05, 3.63) is 23.2 Å². The maximum atomic E-state index is 6.06.